The van der Waals surface area contributed by atoms with E-state index in [1.54, 1.807) is 0 Å². The molecule has 0 radical (unpaired) electrons. The summed E-state index contributed by atoms with van der Waals surface area (Å²) in [5.74, 6) is 0.505. The molecular formula is C13H26N2OS. The van der Waals surface area contributed by atoms with Gasteiger partial charge in [-0.05, 0) is 19.3 Å². The van der Waals surface area contributed by atoms with Crippen molar-refractivity contribution in [3.8, 4) is 0 Å². The van der Waals surface area contributed by atoms with Gasteiger partial charge in [-0.1, -0.05) is 20.8 Å². The minimum atomic E-state index is -0.148. The average molecular weight is 258 g/mol. The zero-order valence-corrected chi connectivity index (χ0v) is 12.4. The smallest absolute Gasteiger partial charge is 0.235 e. The number of nitrogens with zero attached hydrogens (tertiary/aromatic N) is 2. The standard InChI is InChI=1S/C13H26N2OS/c1-5-11(4)14-6-8-15(9-7-14)13(16)12(17)10(2)3/h10-12,17H,5-9H2,1-4H3. The number of rotatable bonds is 4. The third-order valence-corrected chi connectivity index (χ3v) is 4.54. The summed E-state index contributed by atoms with van der Waals surface area (Å²) in [4.78, 5) is 16.6. The first-order valence-electron chi connectivity index (χ1n) is 6.68. The highest BCUT2D eigenvalue weighted by atomic mass is 32.1. The molecule has 1 fully saturated rings. The predicted molar refractivity (Wildman–Crippen MR) is 75.5 cm³/mol. The molecule has 0 aromatic rings. The van der Waals surface area contributed by atoms with Crippen LogP contribution in [0.5, 0.6) is 0 Å². The van der Waals surface area contributed by atoms with E-state index in [2.05, 4.69) is 31.4 Å². The van der Waals surface area contributed by atoms with Crippen LogP contribution in [-0.2, 0) is 4.79 Å². The minimum absolute atomic E-state index is 0.148. The maximum atomic E-state index is 12.1. The summed E-state index contributed by atoms with van der Waals surface area (Å²) in [6, 6.07) is 0.629. The maximum absolute atomic E-state index is 12.1. The van der Waals surface area contributed by atoms with Crippen molar-refractivity contribution in [1.29, 1.82) is 0 Å². The third kappa shape index (κ3) is 3.88. The van der Waals surface area contributed by atoms with Gasteiger partial charge in [0.05, 0.1) is 5.25 Å². The number of piperazine rings is 1. The van der Waals surface area contributed by atoms with Gasteiger partial charge >= 0.3 is 0 Å². The lowest BCUT2D eigenvalue weighted by atomic mass is 10.1. The molecule has 3 nitrogen and oxygen atoms in total. The lowest BCUT2D eigenvalue weighted by Crippen LogP contribution is -2.53. The average Bonchev–Trinajstić information content (AvgIpc) is 2.36. The maximum Gasteiger partial charge on any atom is 0.235 e. The summed E-state index contributed by atoms with van der Waals surface area (Å²) >= 11 is 4.41. The Morgan fingerprint density at radius 3 is 2.12 bits per heavy atom. The van der Waals surface area contributed by atoms with E-state index in [4.69, 9.17) is 0 Å². The molecule has 0 aromatic heterocycles. The highest BCUT2D eigenvalue weighted by Gasteiger charge is 2.27. The molecule has 17 heavy (non-hydrogen) atoms. The largest absolute Gasteiger partial charge is 0.339 e. The van der Waals surface area contributed by atoms with Crippen LogP contribution in [0.25, 0.3) is 0 Å². The molecule has 0 aliphatic carbocycles. The van der Waals surface area contributed by atoms with Crippen molar-refractivity contribution < 1.29 is 4.79 Å². The van der Waals surface area contributed by atoms with Crippen LogP contribution >= 0.6 is 12.6 Å². The lowest BCUT2D eigenvalue weighted by Gasteiger charge is -2.39. The van der Waals surface area contributed by atoms with Gasteiger partial charge in [-0.25, -0.2) is 0 Å². The summed E-state index contributed by atoms with van der Waals surface area (Å²) in [5, 5.41) is -0.148. The van der Waals surface area contributed by atoms with Crippen LogP contribution in [0.1, 0.15) is 34.1 Å². The van der Waals surface area contributed by atoms with Crippen molar-refractivity contribution in [2.45, 2.75) is 45.4 Å². The van der Waals surface area contributed by atoms with E-state index in [0.717, 1.165) is 26.2 Å². The highest BCUT2D eigenvalue weighted by Crippen LogP contribution is 2.15. The Bertz CT molecular complexity index is 250. The van der Waals surface area contributed by atoms with Crippen LogP contribution in [-0.4, -0.2) is 53.2 Å². The van der Waals surface area contributed by atoms with Gasteiger partial charge in [0.2, 0.25) is 5.91 Å². The first-order chi connectivity index (χ1) is 7.97. The Balaban J connectivity index is 2.44. The fraction of sp³-hybridized carbons (Fsp3) is 0.923. The van der Waals surface area contributed by atoms with E-state index >= 15 is 0 Å². The molecule has 2 atom stereocenters. The molecular weight excluding hydrogens is 232 g/mol. The van der Waals surface area contributed by atoms with Crippen molar-refractivity contribution in [2.24, 2.45) is 5.92 Å². The third-order valence-electron chi connectivity index (χ3n) is 3.72. The second-order valence-corrected chi connectivity index (χ2v) is 5.86. The summed E-state index contributed by atoms with van der Waals surface area (Å²) in [5.41, 5.74) is 0. The molecule has 1 rings (SSSR count). The molecule has 1 saturated heterocycles. The molecule has 1 heterocycles. The lowest BCUT2D eigenvalue weighted by molar-refractivity contribution is -0.133. The van der Waals surface area contributed by atoms with E-state index in [1.807, 2.05) is 18.7 Å². The summed E-state index contributed by atoms with van der Waals surface area (Å²) in [6.45, 7) is 12.3. The molecule has 0 aromatic carbocycles. The van der Waals surface area contributed by atoms with Gasteiger partial charge in [-0.15, -0.1) is 0 Å². The first kappa shape index (κ1) is 14.8. The zero-order valence-electron chi connectivity index (χ0n) is 11.5. The molecule has 0 bridgehead atoms. The van der Waals surface area contributed by atoms with Crippen LogP contribution in [0.4, 0.5) is 0 Å². The van der Waals surface area contributed by atoms with Crippen molar-refractivity contribution in [3.05, 3.63) is 0 Å². The quantitative estimate of drug-likeness (QED) is 0.778. The van der Waals surface area contributed by atoms with Crippen molar-refractivity contribution in [1.82, 2.24) is 9.80 Å². The van der Waals surface area contributed by atoms with Crippen LogP contribution in [0.2, 0.25) is 0 Å². The van der Waals surface area contributed by atoms with Crippen molar-refractivity contribution in [2.75, 3.05) is 26.2 Å². The Hall–Kier alpha value is -0.220. The molecule has 1 aliphatic heterocycles. The number of hydrogen-bond donors (Lipinski definition) is 1. The normalized spacial score (nSPS) is 21.6. The SMILES string of the molecule is CCC(C)N1CCN(C(=O)C(S)C(C)C)CC1. The zero-order chi connectivity index (χ0) is 13.0. The Labute approximate surface area is 111 Å². The number of hydrogen-bond acceptors (Lipinski definition) is 3. The van der Waals surface area contributed by atoms with E-state index in [-0.39, 0.29) is 11.2 Å². The van der Waals surface area contributed by atoms with Gasteiger partial charge in [-0.2, -0.15) is 12.6 Å². The van der Waals surface area contributed by atoms with Gasteiger partial charge in [0.15, 0.2) is 0 Å². The van der Waals surface area contributed by atoms with Crippen LogP contribution in [0.3, 0.4) is 0 Å². The summed E-state index contributed by atoms with van der Waals surface area (Å²) in [7, 11) is 0. The van der Waals surface area contributed by atoms with E-state index < -0.39 is 0 Å². The summed E-state index contributed by atoms with van der Waals surface area (Å²) in [6.07, 6.45) is 1.18. The Morgan fingerprint density at radius 2 is 1.71 bits per heavy atom. The predicted octanol–water partition coefficient (Wildman–Crippen LogP) is 1.88. The molecule has 0 spiro atoms. The Morgan fingerprint density at radius 1 is 1.18 bits per heavy atom. The van der Waals surface area contributed by atoms with Crippen LogP contribution in [0, 0.1) is 5.92 Å². The highest BCUT2D eigenvalue weighted by molar-refractivity contribution is 7.81. The molecule has 0 N–H and O–H groups in total. The number of thiol groups is 1. The van der Waals surface area contributed by atoms with Crippen molar-refractivity contribution >= 4 is 18.5 Å². The van der Waals surface area contributed by atoms with Crippen LogP contribution < -0.4 is 0 Å². The van der Waals surface area contributed by atoms with Crippen molar-refractivity contribution in [3.63, 3.8) is 0 Å². The molecule has 1 aliphatic rings. The fourth-order valence-corrected chi connectivity index (χ4v) is 2.28. The van der Waals surface area contributed by atoms with Gasteiger partial charge in [0.1, 0.15) is 0 Å². The van der Waals surface area contributed by atoms with Gasteiger partial charge in [-0.3, -0.25) is 9.69 Å². The van der Waals surface area contributed by atoms with E-state index in [1.165, 1.54) is 6.42 Å². The first-order valence-corrected chi connectivity index (χ1v) is 7.19. The number of amides is 1. The second-order valence-electron chi connectivity index (χ2n) is 5.31. The Kier molecular flexibility index (Phi) is 5.80. The molecule has 100 valence electrons. The van der Waals surface area contributed by atoms with Gasteiger partial charge in [0.25, 0.3) is 0 Å². The van der Waals surface area contributed by atoms with E-state index in [0.29, 0.717) is 12.0 Å². The molecule has 2 unspecified atom stereocenters. The minimum Gasteiger partial charge on any atom is -0.339 e. The molecule has 4 heteroatoms. The van der Waals surface area contributed by atoms with E-state index in [9.17, 15) is 4.79 Å². The topological polar surface area (TPSA) is 23.6 Å². The fourth-order valence-electron chi connectivity index (χ4n) is 2.11. The number of carbonyl (C=O) groups excluding carboxylic acids is 1. The van der Waals surface area contributed by atoms with Gasteiger partial charge < -0.3 is 4.90 Å². The number of carbonyl (C=O) groups is 1. The second kappa shape index (κ2) is 6.64. The molecule has 0 saturated carbocycles. The molecule has 1 amide bonds. The van der Waals surface area contributed by atoms with Crippen LogP contribution in [0.15, 0.2) is 0 Å². The monoisotopic (exact) mass is 258 g/mol. The summed E-state index contributed by atoms with van der Waals surface area (Å²) < 4.78 is 0. The van der Waals surface area contributed by atoms with Gasteiger partial charge in [0, 0.05) is 32.2 Å².